The Hall–Kier alpha value is -0.240. The van der Waals surface area contributed by atoms with Gasteiger partial charge < -0.3 is 28.8 Å². The number of ether oxygens (including phenoxy) is 5. The lowest BCUT2D eigenvalue weighted by Gasteiger charge is -2.34. The highest BCUT2D eigenvalue weighted by Crippen LogP contribution is 2.27. The summed E-state index contributed by atoms with van der Waals surface area (Å²) in [6.07, 6.45) is 0.260. The second kappa shape index (κ2) is 10.5. The summed E-state index contributed by atoms with van der Waals surface area (Å²) in [4.78, 5) is 0. The Morgan fingerprint density at radius 3 is 2.16 bits per heavy atom. The van der Waals surface area contributed by atoms with Crippen LogP contribution >= 0.6 is 0 Å². The van der Waals surface area contributed by atoms with Crippen LogP contribution in [-0.4, -0.2) is 50.9 Å². The van der Waals surface area contributed by atoms with Crippen LogP contribution in [0.5, 0.6) is 0 Å². The van der Waals surface area contributed by atoms with Gasteiger partial charge in [-0.15, -0.1) is 0 Å². The minimum Gasteiger partial charge on any atom is -0.363 e. The summed E-state index contributed by atoms with van der Waals surface area (Å²) >= 11 is 0. The molecule has 0 aliphatic carbocycles. The Bertz CT molecular complexity index is 213. The van der Waals surface area contributed by atoms with E-state index in [4.69, 9.17) is 23.7 Å². The Kier molecular flexibility index (Phi) is 10.4. The predicted molar refractivity (Wildman–Crippen MR) is 70.1 cm³/mol. The van der Waals surface area contributed by atoms with E-state index < -0.39 is 12.3 Å². The third-order valence-corrected chi connectivity index (χ3v) is 2.36. The monoisotopic (exact) mass is 279 g/mol. The average Bonchev–Trinajstić information content (AvgIpc) is 2.41. The van der Waals surface area contributed by atoms with Gasteiger partial charge in [-0.2, -0.15) is 0 Å². The van der Waals surface area contributed by atoms with Crippen LogP contribution in [0.15, 0.2) is 0 Å². The van der Waals surface area contributed by atoms with Crippen LogP contribution in [0.1, 0.15) is 34.1 Å². The van der Waals surface area contributed by atoms with E-state index in [9.17, 15) is 5.11 Å². The molecule has 0 spiro atoms. The number of aliphatic hydroxyl groups is 1. The first-order valence-corrected chi connectivity index (χ1v) is 6.71. The van der Waals surface area contributed by atoms with Gasteiger partial charge in [0.15, 0.2) is 12.4 Å². The van der Waals surface area contributed by atoms with Crippen molar-refractivity contribution < 1.29 is 28.8 Å². The minimum absolute atomic E-state index is 0.0391. The van der Waals surface area contributed by atoms with Crippen LogP contribution < -0.4 is 0 Å². The van der Waals surface area contributed by atoms with Crippen molar-refractivity contribution in [3.8, 4) is 0 Å². The summed E-state index contributed by atoms with van der Waals surface area (Å²) in [7, 11) is 1.51. The molecule has 6 heteroatoms. The summed E-state index contributed by atoms with van der Waals surface area (Å²) in [5.41, 5.74) is 0. The summed E-state index contributed by atoms with van der Waals surface area (Å²) in [6, 6.07) is 0. The summed E-state index contributed by atoms with van der Waals surface area (Å²) in [5.74, 6) is -1.87. The largest absolute Gasteiger partial charge is 0.363 e. The molecule has 0 rings (SSSR count). The normalized spacial score (nSPS) is 16.6. The lowest BCUT2D eigenvalue weighted by atomic mass is 10.2. The molecule has 0 saturated carbocycles. The molecule has 0 aromatic carbocycles. The van der Waals surface area contributed by atoms with E-state index >= 15 is 0 Å². The van der Waals surface area contributed by atoms with Crippen LogP contribution in [0.4, 0.5) is 0 Å². The zero-order valence-electron chi connectivity index (χ0n) is 12.6. The molecule has 0 saturated heterocycles. The molecule has 0 fully saturated rings. The van der Waals surface area contributed by atoms with Gasteiger partial charge in [0.1, 0.15) is 6.61 Å². The fraction of sp³-hybridized carbons (Fsp3) is 0.923. The van der Waals surface area contributed by atoms with Crippen LogP contribution in [-0.2, 0) is 23.7 Å². The Labute approximate surface area is 115 Å². The second-order valence-electron chi connectivity index (χ2n) is 3.66. The van der Waals surface area contributed by atoms with E-state index in [1.54, 1.807) is 6.92 Å². The average molecular weight is 279 g/mol. The first kappa shape index (κ1) is 18.8. The fourth-order valence-electron chi connectivity index (χ4n) is 1.54. The smallest absolute Gasteiger partial charge is 0.314 e. The Morgan fingerprint density at radius 1 is 1.05 bits per heavy atom. The van der Waals surface area contributed by atoms with Crippen molar-refractivity contribution in [2.45, 2.75) is 46.4 Å². The van der Waals surface area contributed by atoms with E-state index in [1.807, 2.05) is 20.8 Å². The lowest BCUT2D eigenvalue weighted by molar-refractivity contribution is -0.381. The molecule has 1 radical (unpaired) electrons. The molecule has 1 N–H and O–H groups in total. The summed E-state index contributed by atoms with van der Waals surface area (Å²) in [6.45, 7) is 8.56. The SMILES string of the molecule is CCO[C](CC)C(O)(OCC)OCC(OC)OCC. The zero-order chi connectivity index (χ0) is 14.7. The molecule has 0 aliphatic heterocycles. The van der Waals surface area contributed by atoms with Crippen molar-refractivity contribution in [2.75, 3.05) is 33.5 Å². The first-order valence-electron chi connectivity index (χ1n) is 6.71. The highest BCUT2D eigenvalue weighted by molar-refractivity contribution is 4.87. The highest BCUT2D eigenvalue weighted by Gasteiger charge is 2.41. The maximum absolute atomic E-state index is 10.4. The van der Waals surface area contributed by atoms with Crippen LogP contribution in [0.25, 0.3) is 0 Å². The molecule has 2 unspecified atom stereocenters. The quantitative estimate of drug-likeness (QED) is 0.548. The molecule has 6 nitrogen and oxygen atoms in total. The summed E-state index contributed by atoms with van der Waals surface area (Å²) in [5, 5.41) is 10.4. The van der Waals surface area contributed by atoms with E-state index in [1.165, 1.54) is 7.11 Å². The third-order valence-electron chi connectivity index (χ3n) is 2.36. The van der Waals surface area contributed by atoms with Gasteiger partial charge in [-0.25, -0.2) is 0 Å². The standard InChI is InChI=1S/C13H27O6/c1-6-11(16-7-2)13(14,18-9-4)19-10-12(15-5)17-8-3/h12,14H,6-10H2,1-5H3. The molecule has 0 aromatic heterocycles. The molecule has 19 heavy (non-hydrogen) atoms. The molecule has 2 atom stereocenters. The molecule has 0 aliphatic rings. The van der Waals surface area contributed by atoms with Crippen LogP contribution in [0.2, 0.25) is 0 Å². The molecule has 0 aromatic rings. The molecule has 115 valence electrons. The number of hydrogen-bond donors (Lipinski definition) is 1. The minimum atomic E-state index is -1.87. The summed E-state index contributed by atoms with van der Waals surface area (Å²) < 4.78 is 26.4. The van der Waals surface area contributed by atoms with Crippen LogP contribution in [0.3, 0.4) is 0 Å². The lowest BCUT2D eigenvalue weighted by Crippen LogP contribution is -2.45. The first-order chi connectivity index (χ1) is 9.07. The Morgan fingerprint density at radius 2 is 1.74 bits per heavy atom. The van der Waals surface area contributed by atoms with Gasteiger partial charge in [0, 0.05) is 26.9 Å². The maximum atomic E-state index is 10.4. The van der Waals surface area contributed by atoms with E-state index in [-0.39, 0.29) is 6.61 Å². The molecule has 0 heterocycles. The zero-order valence-corrected chi connectivity index (χ0v) is 12.6. The number of rotatable bonds is 12. The van der Waals surface area contributed by atoms with Crippen molar-refractivity contribution in [3.05, 3.63) is 6.10 Å². The van der Waals surface area contributed by atoms with Gasteiger partial charge in [0.25, 0.3) is 0 Å². The Balaban J connectivity index is 4.58. The van der Waals surface area contributed by atoms with Gasteiger partial charge in [-0.05, 0) is 27.2 Å². The highest BCUT2D eigenvalue weighted by atomic mass is 16.8. The van der Waals surface area contributed by atoms with Gasteiger partial charge in [0.2, 0.25) is 0 Å². The van der Waals surface area contributed by atoms with E-state index in [2.05, 4.69) is 0 Å². The van der Waals surface area contributed by atoms with E-state index in [0.29, 0.717) is 32.3 Å². The molecule has 0 bridgehead atoms. The fourth-order valence-corrected chi connectivity index (χ4v) is 1.54. The van der Waals surface area contributed by atoms with Gasteiger partial charge in [-0.3, -0.25) is 0 Å². The van der Waals surface area contributed by atoms with Gasteiger partial charge in [0.05, 0.1) is 0 Å². The van der Waals surface area contributed by atoms with Crippen molar-refractivity contribution in [1.82, 2.24) is 0 Å². The number of hydrogen-bond acceptors (Lipinski definition) is 6. The van der Waals surface area contributed by atoms with E-state index in [0.717, 1.165) is 0 Å². The van der Waals surface area contributed by atoms with Crippen molar-refractivity contribution in [2.24, 2.45) is 0 Å². The second-order valence-corrected chi connectivity index (χ2v) is 3.66. The maximum Gasteiger partial charge on any atom is 0.314 e. The van der Waals surface area contributed by atoms with Gasteiger partial charge in [-0.1, -0.05) is 6.92 Å². The van der Waals surface area contributed by atoms with Crippen LogP contribution in [0, 0.1) is 6.10 Å². The van der Waals surface area contributed by atoms with Gasteiger partial charge >= 0.3 is 5.97 Å². The molecular formula is C13H27O6. The number of methoxy groups -OCH3 is 1. The van der Waals surface area contributed by atoms with Crippen molar-refractivity contribution in [3.63, 3.8) is 0 Å². The van der Waals surface area contributed by atoms with Crippen molar-refractivity contribution in [1.29, 1.82) is 0 Å². The van der Waals surface area contributed by atoms with Crippen molar-refractivity contribution >= 4 is 0 Å². The molecular weight excluding hydrogens is 252 g/mol. The third kappa shape index (κ3) is 6.65. The topological polar surface area (TPSA) is 66.4 Å². The molecule has 0 amide bonds. The predicted octanol–water partition coefficient (Wildman–Crippen LogP) is 1.67.